The molecule has 1 amide bonds. The van der Waals surface area contributed by atoms with E-state index in [2.05, 4.69) is 43.5 Å². The summed E-state index contributed by atoms with van der Waals surface area (Å²) in [6.07, 6.45) is 40.8. The molecular weight excluding hydrogens is 835 g/mol. The number of allylic oxidation sites excluding steroid dienone is 4. The summed E-state index contributed by atoms with van der Waals surface area (Å²) in [4.78, 5) is 13.2. The molecule has 0 aliphatic carbocycles. The van der Waals surface area contributed by atoms with Crippen LogP contribution in [0.25, 0.3) is 0 Å². The SMILES string of the molecule is CC/C=C\C/C=C\CCCCCCCCCCCCCCCC(O)C(=O)NC(COC1OC(CO)C(O)C(O)C1O)C(O)C(O)CCCCCCCCCCCCCCCCCCCCC. The summed E-state index contributed by atoms with van der Waals surface area (Å²) < 4.78 is 11.1. The van der Waals surface area contributed by atoms with Crippen molar-refractivity contribution in [1.82, 2.24) is 5.32 Å². The Hall–Kier alpha value is -1.41. The van der Waals surface area contributed by atoms with Gasteiger partial charge in [-0.2, -0.15) is 0 Å². The molecular formula is C55H105NO10. The number of aliphatic hydroxyl groups excluding tert-OH is 7. The maximum atomic E-state index is 13.2. The number of ether oxygens (including phenoxy) is 2. The van der Waals surface area contributed by atoms with Gasteiger partial charge in [-0.25, -0.2) is 0 Å². The number of carbonyl (C=O) groups excluding carboxylic acids is 1. The molecule has 0 radical (unpaired) electrons. The van der Waals surface area contributed by atoms with Gasteiger partial charge >= 0.3 is 0 Å². The van der Waals surface area contributed by atoms with E-state index in [4.69, 9.17) is 9.47 Å². The molecule has 0 aromatic rings. The van der Waals surface area contributed by atoms with E-state index in [1.54, 1.807) is 0 Å². The lowest BCUT2D eigenvalue weighted by Gasteiger charge is -2.40. The van der Waals surface area contributed by atoms with Crippen molar-refractivity contribution in [1.29, 1.82) is 0 Å². The second-order valence-corrected chi connectivity index (χ2v) is 19.6. The van der Waals surface area contributed by atoms with Crippen LogP contribution in [0.5, 0.6) is 0 Å². The highest BCUT2D eigenvalue weighted by atomic mass is 16.7. The molecule has 0 bridgehead atoms. The number of rotatable bonds is 47. The Balaban J connectivity index is 2.33. The van der Waals surface area contributed by atoms with Gasteiger partial charge in [-0.15, -0.1) is 0 Å². The zero-order valence-corrected chi connectivity index (χ0v) is 42.4. The number of amides is 1. The van der Waals surface area contributed by atoms with Crippen LogP contribution in [0.1, 0.15) is 251 Å². The van der Waals surface area contributed by atoms with Crippen molar-refractivity contribution in [3.05, 3.63) is 24.3 Å². The van der Waals surface area contributed by atoms with Crippen molar-refractivity contribution in [3.8, 4) is 0 Å². The molecule has 390 valence electrons. The minimum Gasteiger partial charge on any atom is -0.394 e. The lowest BCUT2D eigenvalue weighted by atomic mass is 9.98. The van der Waals surface area contributed by atoms with E-state index in [1.165, 1.54) is 161 Å². The van der Waals surface area contributed by atoms with E-state index in [0.29, 0.717) is 19.3 Å². The smallest absolute Gasteiger partial charge is 0.249 e. The molecule has 0 spiro atoms. The fourth-order valence-corrected chi connectivity index (χ4v) is 9.01. The van der Waals surface area contributed by atoms with Crippen LogP contribution in [0.3, 0.4) is 0 Å². The van der Waals surface area contributed by atoms with Crippen LogP contribution in [-0.4, -0.2) is 110 Å². The average Bonchev–Trinajstić information content (AvgIpc) is 3.32. The highest BCUT2D eigenvalue weighted by Crippen LogP contribution is 2.23. The van der Waals surface area contributed by atoms with E-state index in [1.807, 2.05) is 0 Å². The molecule has 1 heterocycles. The molecule has 11 nitrogen and oxygen atoms in total. The average molecular weight is 940 g/mol. The highest BCUT2D eigenvalue weighted by Gasteiger charge is 2.44. The molecule has 1 aliphatic heterocycles. The van der Waals surface area contributed by atoms with E-state index < -0.39 is 74.2 Å². The fourth-order valence-electron chi connectivity index (χ4n) is 9.01. The second kappa shape index (κ2) is 44.8. The summed E-state index contributed by atoms with van der Waals surface area (Å²) in [6, 6.07) is -1.17. The van der Waals surface area contributed by atoms with Gasteiger partial charge < -0.3 is 50.5 Å². The molecule has 1 aliphatic rings. The third kappa shape index (κ3) is 33.2. The summed E-state index contributed by atoms with van der Waals surface area (Å²) in [7, 11) is 0. The van der Waals surface area contributed by atoms with Crippen LogP contribution in [0.2, 0.25) is 0 Å². The van der Waals surface area contributed by atoms with Gasteiger partial charge in [0.1, 0.15) is 36.6 Å². The quantitative estimate of drug-likeness (QED) is 0.0215. The van der Waals surface area contributed by atoms with Crippen LogP contribution >= 0.6 is 0 Å². The Morgan fingerprint density at radius 3 is 1.42 bits per heavy atom. The summed E-state index contributed by atoms with van der Waals surface area (Å²) >= 11 is 0. The Kier molecular flexibility index (Phi) is 42.5. The predicted octanol–water partition coefficient (Wildman–Crippen LogP) is 11.0. The third-order valence-corrected chi connectivity index (χ3v) is 13.5. The Morgan fingerprint density at radius 2 is 0.970 bits per heavy atom. The van der Waals surface area contributed by atoms with Crippen LogP contribution < -0.4 is 5.32 Å². The molecule has 11 heteroatoms. The van der Waals surface area contributed by atoms with E-state index in [9.17, 15) is 40.5 Å². The minimum atomic E-state index is -1.66. The topological polar surface area (TPSA) is 189 Å². The van der Waals surface area contributed by atoms with Crippen molar-refractivity contribution >= 4 is 5.91 Å². The number of unbranched alkanes of at least 4 members (excludes halogenated alkanes) is 31. The molecule has 0 aromatic heterocycles. The first-order chi connectivity index (χ1) is 32.2. The molecule has 1 fully saturated rings. The molecule has 9 unspecified atom stereocenters. The maximum Gasteiger partial charge on any atom is 0.249 e. The van der Waals surface area contributed by atoms with Gasteiger partial charge in [0.2, 0.25) is 5.91 Å². The Labute approximate surface area is 404 Å². The largest absolute Gasteiger partial charge is 0.394 e. The maximum absolute atomic E-state index is 13.2. The van der Waals surface area contributed by atoms with Crippen LogP contribution in [0.15, 0.2) is 24.3 Å². The monoisotopic (exact) mass is 940 g/mol. The molecule has 9 atom stereocenters. The fraction of sp³-hybridized carbons (Fsp3) is 0.909. The van der Waals surface area contributed by atoms with Gasteiger partial charge in [0.05, 0.1) is 25.4 Å². The molecule has 1 saturated heterocycles. The number of hydrogen-bond acceptors (Lipinski definition) is 10. The standard InChI is InChI=1S/C55H105NO10/c1-3-5-7-9-11-13-15-17-19-21-23-25-27-29-31-33-35-37-39-41-43-48(59)54(64)56-46(45-65-55-53(63)52(62)51(61)49(44-57)66-55)50(60)47(58)42-40-38-36-34-32-30-28-26-24-22-20-18-16-14-12-10-8-6-4-2/h5,7,11,13,46-53,55,57-63H,3-4,6,8-10,12,14-45H2,1-2H3,(H,56,64)/b7-5-,13-11-. The second-order valence-electron chi connectivity index (χ2n) is 19.6. The zero-order valence-electron chi connectivity index (χ0n) is 42.4. The zero-order chi connectivity index (χ0) is 48.3. The summed E-state index contributed by atoms with van der Waals surface area (Å²) in [5.41, 5.74) is 0. The Morgan fingerprint density at radius 1 is 0.545 bits per heavy atom. The first kappa shape index (κ1) is 62.6. The van der Waals surface area contributed by atoms with E-state index in [0.717, 1.165) is 51.4 Å². The number of nitrogens with one attached hydrogen (secondary N) is 1. The van der Waals surface area contributed by atoms with Crippen molar-refractivity contribution in [2.24, 2.45) is 0 Å². The van der Waals surface area contributed by atoms with Gasteiger partial charge in [-0.1, -0.05) is 237 Å². The van der Waals surface area contributed by atoms with Gasteiger partial charge in [-0.05, 0) is 38.5 Å². The van der Waals surface area contributed by atoms with Crippen LogP contribution in [-0.2, 0) is 14.3 Å². The molecule has 0 aromatic carbocycles. The van der Waals surface area contributed by atoms with Crippen LogP contribution in [0, 0.1) is 0 Å². The van der Waals surface area contributed by atoms with Gasteiger partial charge in [0.15, 0.2) is 6.29 Å². The summed E-state index contributed by atoms with van der Waals surface area (Å²) in [5, 5.41) is 76.1. The first-order valence-corrected chi connectivity index (χ1v) is 27.7. The lowest BCUT2D eigenvalue weighted by molar-refractivity contribution is -0.303. The summed E-state index contributed by atoms with van der Waals surface area (Å²) in [5.74, 6) is -0.695. The van der Waals surface area contributed by atoms with E-state index in [-0.39, 0.29) is 6.42 Å². The predicted molar refractivity (Wildman–Crippen MR) is 270 cm³/mol. The van der Waals surface area contributed by atoms with E-state index >= 15 is 0 Å². The molecule has 0 saturated carbocycles. The number of carbonyl (C=O) groups is 1. The van der Waals surface area contributed by atoms with Gasteiger partial charge in [0.25, 0.3) is 0 Å². The normalized spacial score (nSPS) is 20.9. The van der Waals surface area contributed by atoms with Crippen LogP contribution in [0.4, 0.5) is 0 Å². The highest BCUT2D eigenvalue weighted by molar-refractivity contribution is 5.80. The van der Waals surface area contributed by atoms with Gasteiger partial charge in [0, 0.05) is 0 Å². The van der Waals surface area contributed by atoms with Crippen molar-refractivity contribution in [2.75, 3.05) is 13.2 Å². The lowest BCUT2D eigenvalue weighted by Crippen LogP contribution is -2.60. The van der Waals surface area contributed by atoms with Crippen molar-refractivity contribution in [2.45, 2.75) is 306 Å². The summed E-state index contributed by atoms with van der Waals surface area (Å²) in [6.45, 7) is 3.38. The molecule has 66 heavy (non-hydrogen) atoms. The van der Waals surface area contributed by atoms with Crippen molar-refractivity contribution < 1.29 is 50.0 Å². The van der Waals surface area contributed by atoms with Crippen molar-refractivity contribution in [3.63, 3.8) is 0 Å². The number of aliphatic hydroxyl groups is 7. The Bertz CT molecular complexity index is 1120. The number of hydrogen-bond donors (Lipinski definition) is 8. The molecule has 1 rings (SSSR count). The first-order valence-electron chi connectivity index (χ1n) is 27.7. The minimum absolute atomic E-state index is 0.261. The molecule has 8 N–H and O–H groups in total. The third-order valence-electron chi connectivity index (χ3n) is 13.5. The van der Waals surface area contributed by atoms with Gasteiger partial charge in [-0.3, -0.25) is 4.79 Å².